The fourth-order valence-corrected chi connectivity index (χ4v) is 4.36. The summed E-state index contributed by atoms with van der Waals surface area (Å²) in [6.45, 7) is -0.0885. The first-order valence-electron chi connectivity index (χ1n) is 8.94. The molecular formula is C20H20N2O3S. The van der Waals surface area contributed by atoms with Crippen molar-refractivity contribution < 1.29 is 9.53 Å². The van der Waals surface area contributed by atoms with Crippen LogP contribution in [-0.4, -0.2) is 21.6 Å². The number of aromatic nitrogens is 2. The summed E-state index contributed by atoms with van der Waals surface area (Å²) in [5, 5.41) is 0.543. The van der Waals surface area contributed by atoms with Crippen molar-refractivity contribution in [2.24, 2.45) is 0 Å². The summed E-state index contributed by atoms with van der Waals surface area (Å²) in [5.41, 5.74) is 0.854. The lowest BCUT2D eigenvalue weighted by Crippen LogP contribution is -2.28. The van der Waals surface area contributed by atoms with E-state index in [9.17, 15) is 9.59 Å². The molecule has 1 fully saturated rings. The number of hydrogen-bond acceptors (Lipinski definition) is 5. The average Bonchev–Trinajstić information content (AvgIpc) is 3.11. The van der Waals surface area contributed by atoms with Crippen LogP contribution in [0.4, 0.5) is 0 Å². The Bertz CT molecular complexity index is 972. The second-order valence-electron chi connectivity index (χ2n) is 6.62. The number of ether oxygens (including phenoxy) is 1. The highest BCUT2D eigenvalue weighted by atomic mass is 32.1. The van der Waals surface area contributed by atoms with E-state index in [0.717, 1.165) is 36.1 Å². The zero-order valence-electron chi connectivity index (χ0n) is 14.4. The molecule has 1 aliphatic carbocycles. The van der Waals surface area contributed by atoms with Crippen LogP contribution in [0.15, 0.2) is 47.5 Å². The Labute approximate surface area is 155 Å². The largest absolute Gasteiger partial charge is 0.461 e. The number of carbonyl (C=O) groups is 1. The summed E-state index contributed by atoms with van der Waals surface area (Å²) < 4.78 is 6.86. The number of rotatable bonds is 4. The third-order valence-electron chi connectivity index (χ3n) is 4.73. The summed E-state index contributed by atoms with van der Waals surface area (Å²) in [6, 6.07) is 11.8. The van der Waals surface area contributed by atoms with Crippen LogP contribution in [0.5, 0.6) is 0 Å². The van der Waals surface area contributed by atoms with E-state index in [1.54, 1.807) is 0 Å². The summed E-state index contributed by atoms with van der Waals surface area (Å²) in [5.74, 6) is -0.362. The minimum absolute atomic E-state index is 0.00512. The van der Waals surface area contributed by atoms with Gasteiger partial charge in [-0.2, -0.15) is 0 Å². The zero-order chi connectivity index (χ0) is 17.9. The molecule has 26 heavy (non-hydrogen) atoms. The maximum Gasteiger partial charge on any atom is 0.326 e. The maximum atomic E-state index is 12.7. The van der Waals surface area contributed by atoms with Crippen LogP contribution in [0.3, 0.4) is 0 Å². The van der Waals surface area contributed by atoms with E-state index in [4.69, 9.17) is 4.74 Å². The molecule has 1 aliphatic rings. The van der Waals surface area contributed by atoms with Gasteiger partial charge in [-0.15, -0.1) is 11.3 Å². The van der Waals surface area contributed by atoms with Gasteiger partial charge < -0.3 is 4.74 Å². The fourth-order valence-electron chi connectivity index (χ4n) is 3.36. The Morgan fingerprint density at radius 1 is 1.19 bits per heavy atom. The maximum absolute atomic E-state index is 12.7. The van der Waals surface area contributed by atoms with Crippen molar-refractivity contribution in [1.29, 1.82) is 0 Å². The fraction of sp³-hybridized carbons (Fsp3) is 0.350. The molecule has 2 heterocycles. The summed E-state index contributed by atoms with van der Waals surface area (Å²) in [4.78, 5) is 31.0. The van der Waals surface area contributed by atoms with E-state index in [2.05, 4.69) is 4.98 Å². The first-order valence-corrected chi connectivity index (χ1v) is 9.76. The van der Waals surface area contributed by atoms with Crippen LogP contribution < -0.4 is 5.56 Å². The van der Waals surface area contributed by atoms with E-state index in [1.165, 1.54) is 28.7 Å². The number of nitrogens with zero attached hydrogens (tertiary/aromatic N) is 2. The predicted octanol–water partition coefficient (Wildman–Crippen LogP) is 4.00. The highest BCUT2D eigenvalue weighted by molar-refractivity contribution is 7.21. The van der Waals surface area contributed by atoms with E-state index in [1.807, 2.05) is 36.4 Å². The molecular weight excluding hydrogens is 348 g/mol. The van der Waals surface area contributed by atoms with E-state index in [-0.39, 0.29) is 24.2 Å². The number of esters is 1. The zero-order valence-corrected chi connectivity index (χ0v) is 15.2. The van der Waals surface area contributed by atoms with Crippen molar-refractivity contribution in [2.45, 2.75) is 44.8 Å². The molecule has 0 aliphatic heterocycles. The highest BCUT2D eigenvalue weighted by Gasteiger charge is 2.19. The Morgan fingerprint density at radius 3 is 2.73 bits per heavy atom. The molecule has 1 aromatic carbocycles. The van der Waals surface area contributed by atoms with E-state index in [0.29, 0.717) is 10.2 Å². The number of thiophene rings is 1. The lowest BCUT2D eigenvalue weighted by molar-refractivity contribution is -0.151. The quantitative estimate of drug-likeness (QED) is 0.653. The van der Waals surface area contributed by atoms with Gasteiger partial charge in [0.25, 0.3) is 5.56 Å². The Morgan fingerprint density at radius 2 is 1.96 bits per heavy atom. The van der Waals surface area contributed by atoms with Crippen LogP contribution in [-0.2, 0) is 16.1 Å². The molecule has 3 aromatic rings. The molecule has 0 radical (unpaired) electrons. The molecule has 134 valence electrons. The minimum atomic E-state index is -0.362. The van der Waals surface area contributed by atoms with Crippen molar-refractivity contribution in [3.05, 3.63) is 53.1 Å². The summed E-state index contributed by atoms with van der Waals surface area (Å²) in [6.07, 6.45) is 6.68. The van der Waals surface area contributed by atoms with Gasteiger partial charge in [-0.25, -0.2) is 4.98 Å². The first-order chi connectivity index (χ1) is 12.7. The summed E-state index contributed by atoms with van der Waals surface area (Å²) in [7, 11) is 0. The Hall–Kier alpha value is -2.47. The van der Waals surface area contributed by atoms with Crippen LogP contribution in [0, 0.1) is 0 Å². The molecule has 0 bridgehead atoms. The van der Waals surface area contributed by atoms with Crippen molar-refractivity contribution in [3.8, 4) is 10.4 Å². The molecule has 0 unspecified atom stereocenters. The van der Waals surface area contributed by atoms with Crippen LogP contribution in [0.1, 0.15) is 32.1 Å². The van der Waals surface area contributed by atoms with Crippen molar-refractivity contribution in [1.82, 2.24) is 9.55 Å². The van der Waals surface area contributed by atoms with Crippen molar-refractivity contribution in [3.63, 3.8) is 0 Å². The molecule has 2 aromatic heterocycles. The Kier molecular flexibility index (Phi) is 4.84. The molecule has 0 saturated heterocycles. The summed E-state index contributed by atoms with van der Waals surface area (Å²) >= 11 is 1.48. The highest BCUT2D eigenvalue weighted by Crippen LogP contribution is 2.30. The molecule has 0 atom stereocenters. The van der Waals surface area contributed by atoms with Crippen LogP contribution >= 0.6 is 11.3 Å². The third kappa shape index (κ3) is 3.55. The standard InChI is InChI=1S/C20H20N2O3S/c23-18(25-15-9-5-2-6-10-15)12-22-13-21-19-16(20(22)24)11-17(26-19)14-7-3-1-4-8-14/h1,3-4,7-8,11,13,15H,2,5-6,9-10,12H2. The second kappa shape index (κ2) is 7.41. The van der Waals surface area contributed by atoms with Gasteiger partial charge in [-0.05, 0) is 37.3 Å². The predicted molar refractivity (Wildman–Crippen MR) is 102 cm³/mol. The molecule has 6 heteroatoms. The van der Waals surface area contributed by atoms with Gasteiger partial charge in [-0.3, -0.25) is 14.2 Å². The lowest BCUT2D eigenvalue weighted by atomic mass is 9.98. The molecule has 0 amide bonds. The lowest BCUT2D eigenvalue weighted by Gasteiger charge is -2.21. The van der Waals surface area contributed by atoms with E-state index >= 15 is 0 Å². The topological polar surface area (TPSA) is 61.2 Å². The van der Waals surface area contributed by atoms with Gasteiger partial charge in [-0.1, -0.05) is 36.8 Å². The number of carbonyl (C=O) groups excluding carboxylic acids is 1. The number of hydrogen-bond donors (Lipinski definition) is 0. The Balaban J connectivity index is 1.55. The van der Waals surface area contributed by atoms with Crippen molar-refractivity contribution in [2.75, 3.05) is 0 Å². The number of benzene rings is 1. The van der Waals surface area contributed by atoms with Crippen LogP contribution in [0.25, 0.3) is 20.7 Å². The SMILES string of the molecule is O=C(Cn1cnc2sc(-c3ccccc3)cc2c1=O)OC1CCCCC1. The molecule has 1 saturated carbocycles. The van der Waals surface area contributed by atoms with E-state index < -0.39 is 0 Å². The van der Waals surface area contributed by atoms with Gasteiger partial charge in [0, 0.05) is 4.88 Å². The van der Waals surface area contributed by atoms with Crippen molar-refractivity contribution >= 4 is 27.5 Å². The van der Waals surface area contributed by atoms with Gasteiger partial charge in [0.1, 0.15) is 17.5 Å². The van der Waals surface area contributed by atoms with Gasteiger partial charge in [0.2, 0.25) is 0 Å². The van der Waals surface area contributed by atoms with Gasteiger partial charge in [0.15, 0.2) is 0 Å². The first kappa shape index (κ1) is 17.0. The average molecular weight is 368 g/mol. The minimum Gasteiger partial charge on any atom is -0.461 e. The van der Waals surface area contributed by atoms with Crippen LogP contribution in [0.2, 0.25) is 0 Å². The van der Waals surface area contributed by atoms with Gasteiger partial charge in [0.05, 0.1) is 11.7 Å². The molecule has 4 rings (SSSR count). The normalized spacial score (nSPS) is 15.2. The molecule has 0 spiro atoms. The van der Waals surface area contributed by atoms with Gasteiger partial charge >= 0.3 is 5.97 Å². The smallest absolute Gasteiger partial charge is 0.326 e. The number of fused-ring (bicyclic) bond motifs is 1. The molecule has 0 N–H and O–H groups in total. The third-order valence-corrected chi connectivity index (χ3v) is 5.82. The monoisotopic (exact) mass is 368 g/mol. The second-order valence-corrected chi connectivity index (χ2v) is 7.65. The molecule has 5 nitrogen and oxygen atoms in total.